The number of halogens is 2. The summed E-state index contributed by atoms with van der Waals surface area (Å²) in [6.07, 6.45) is 0.769. The lowest BCUT2D eigenvalue weighted by molar-refractivity contribution is 0.409. The minimum atomic E-state index is -0.0330. The Kier molecular flexibility index (Phi) is 4.89. The molecule has 2 aromatic rings. The summed E-state index contributed by atoms with van der Waals surface area (Å²) in [5, 5.41) is -0.0330. The van der Waals surface area contributed by atoms with Crippen molar-refractivity contribution in [2.24, 2.45) is 0 Å². The molecule has 0 aliphatic carbocycles. The van der Waals surface area contributed by atoms with E-state index in [1.54, 1.807) is 7.11 Å². The quantitative estimate of drug-likeness (QED) is 0.552. The van der Waals surface area contributed by atoms with Gasteiger partial charge in [0.15, 0.2) is 0 Å². The van der Waals surface area contributed by atoms with Gasteiger partial charge in [0.05, 0.1) is 12.5 Å². The van der Waals surface area contributed by atoms with Crippen molar-refractivity contribution in [3.63, 3.8) is 0 Å². The molecule has 2 aromatic carbocycles. The van der Waals surface area contributed by atoms with Crippen molar-refractivity contribution in [2.45, 2.75) is 11.8 Å². The molecule has 0 fully saturated rings. The van der Waals surface area contributed by atoms with Gasteiger partial charge in [0.1, 0.15) is 5.75 Å². The number of rotatable bonds is 4. The predicted octanol–water partition coefficient (Wildman–Crippen LogP) is 4.82. The number of alkyl halides is 1. The molecule has 0 heterocycles. The van der Waals surface area contributed by atoms with E-state index in [9.17, 15) is 0 Å². The summed E-state index contributed by atoms with van der Waals surface area (Å²) in [6.45, 7) is 0. The molecular formula is C15H14ClIO. The molecule has 0 saturated carbocycles. The third kappa shape index (κ3) is 3.18. The summed E-state index contributed by atoms with van der Waals surface area (Å²) in [5.41, 5.74) is 2.31. The molecule has 0 saturated heterocycles. The van der Waals surface area contributed by atoms with Crippen molar-refractivity contribution >= 4 is 34.2 Å². The van der Waals surface area contributed by atoms with Crippen LogP contribution in [0.2, 0.25) is 0 Å². The zero-order valence-corrected chi connectivity index (χ0v) is 13.0. The summed E-state index contributed by atoms with van der Waals surface area (Å²) in [6, 6.07) is 16.2. The topological polar surface area (TPSA) is 9.23 Å². The Hall–Kier alpha value is -0.740. The highest BCUT2D eigenvalue weighted by Gasteiger charge is 2.13. The van der Waals surface area contributed by atoms with Gasteiger partial charge in [-0.25, -0.2) is 0 Å². The van der Waals surface area contributed by atoms with Gasteiger partial charge in [-0.15, -0.1) is 11.6 Å². The van der Waals surface area contributed by atoms with Crippen LogP contribution in [0.4, 0.5) is 0 Å². The highest BCUT2D eigenvalue weighted by molar-refractivity contribution is 14.1. The lowest BCUT2D eigenvalue weighted by atomic mass is 10.0. The summed E-state index contributed by atoms with van der Waals surface area (Å²) in [7, 11) is 1.69. The number of methoxy groups -OCH3 is 1. The molecule has 3 heteroatoms. The van der Waals surface area contributed by atoms with Crippen molar-refractivity contribution in [3.8, 4) is 5.75 Å². The lowest BCUT2D eigenvalue weighted by Crippen LogP contribution is -2.00. The van der Waals surface area contributed by atoms with Gasteiger partial charge in [-0.2, -0.15) is 0 Å². The zero-order chi connectivity index (χ0) is 13.0. The minimum absolute atomic E-state index is 0.0330. The second-order valence-electron chi connectivity index (χ2n) is 4.01. The third-order valence-electron chi connectivity index (χ3n) is 2.83. The maximum absolute atomic E-state index is 6.51. The van der Waals surface area contributed by atoms with Crippen molar-refractivity contribution in [1.82, 2.24) is 0 Å². The maximum Gasteiger partial charge on any atom is 0.122 e. The van der Waals surface area contributed by atoms with Crippen molar-refractivity contribution in [1.29, 1.82) is 0 Å². The summed E-state index contributed by atoms with van der Waals surface area (Å²) >= 11 is 8.84. The van der Waals surface area contributed by atoms with Crippen molar-refractivity contribution < 1.29 is 4.74 Å². The molecule has 2 rings (SSSR count). The standard InChI is InChI=1S/C15H14ClIO/c1-18-15-9-5-2-6-11(15)10-13(16)12-7-3-4-8-14(12)17/h2-9,13H,10H2,1H3. The Bertz CT molecular complexity index is 527. The van der Waals surface area contributed by atoms with Crippen LogP contribution >= 0.6 is 34.2 Å². The third-order valence-corrected chi connectivity index (χ3v) is 4.21. The Morgan fingerprint density at radius 3 is 2.50 bits per heavy atom. The molecule has 0 radical (unpaired) electrons. The Labute approximate surface area is 126 Å². The fourth-order valence-electron chi connectivity index (χ4n) is 1.90. The molecule has 18 heavy (non-hydrogen) atoms. The molecule has 0 bridgehead atoms. The second kappa shape index (κ2) is 6.43. The fourth-order valence-corrected chi connectivity index (χ4v) is 3.21. The highest BCUT2D eigenvalue weighted by atomic mass is 127. The zero-order valence-electron chi connectivity index (χ0n) is 10.1. The largest absolute Gasteiger partial charge is 0.496 e. The summed E-state index contributed by atoms with van der Waals surface area (Å²) < 4.78 is 6.55. The first-order valence-electron chi connectivity index (χ1n) is 5.72. The molecule has 0 aliphatic rings. The van der Waals surface area contributed by atoms with Crippen LogP contribution in [0.25, 0.3) is 0 Å². The van der Waals surface area contributed by atoms with E-state index in [0.29, 0.717) is 0 Å². The number of benzene rings is 2. The Balaban J connectivity index is 2.21. The Morgan fingerprint density at radius 1 is 1.11 bits per heavy atom. The van der Waals surface area contributed by atoms with Gasteiger partial charge >= 0.3 is 0 Å². The molecule has 0 spiro atoms. The van der Waals surface area contributed by atoms with Gasteiger partial charge < -0.3 is 4.74 Å². The van der Waals surface area contributed by atoms with E-state index in [0.717, 1.165) is 17.7 Å². The van der Waals surface area contributed by atoms with Crippen LogP contribution in [0.3, 0.4) is 0 Å². The summed E-state index contributed by atoms with van der Waals surface area (Å²) in [5.74, 6) is 0.897. The van der Waals surface area contributed by atoms with Crippen molar-refractivity contribution in [2.75, 3.05) is 7.11 Å². The van der Waals surface area contributed by atoms with Crippen LogP contribution in [-0.2, 0) is 6.42 Å². The second-order valence-corrected chi connectivity index (χ2v) is 5.69. The van der Waals surface area contributed by atoms with E-state index >= 15 is 0 Å². The molecule has 0 aliphatic heterocycles. The first-order chi connectivity index (χ1) is 8.72. The molecule has 0 N–H and O–H groups in total. The number of hydrogen-bond acceptors (Lipinski definition) is 1. The van der Waals surface area contributed by atoms with Gasteiger partial charge in [0.25, 0.3) is 0 Å². The molecule has 1 nitrogen and oxygen atoms in total. The van der Waals surface area contributed by atoms with Gasteiger partial charge in [0.2, 0.25) is 0 Å². The first kappa shape index (κ1) is 13.7. The summed E-state index contributed by atoms with van der Waals surface area (Å²) in [4.78, 5) is 0. The molecule has 94 valence electrons. The fraction of sp³-hybridized carbons (Fsp3) is 0.200. The Morgan fingerprint density at radius 2 is 1.78 bits per heavy atom. The normalized spacial score (nSPS) is 12.2. The van der Waals surface area contributed by atoms with Crippen LogP contribution in [-0.4, -0.2) is 7.11 Å². The molecule has 0 aromatic heterocycles. The maximum atomic E-state index is 6.51. The first-order valence-corrected chi connectivity index (χ1v) is 7.24. The molecular weight excluding hydrogens is 359 g/mol. The van der Waals surface area contributed by atoms with E-state index in [2.05, 4.69) is 40.8 Å². The molecule has 1 unspecified atom stereocenters. The number of hydrogen-bond donors (Lipinski definition) is 0. The van der Waals surface area contributed by atoms with Gasteiger partial charge in [-0.1, -0.05) is 36.4 Å². The van der Waals surface area contributed by atoms with E-state index in [-0.39, 0.29) is 5.38 Å². The smallest absolute Gasteiger partial charge is 0.122 e. The van der Waals surface area contributed by atoms with E-state index in [1.807, 2.05) is 30.3 Å². The van der Waals surface area contributed by atoms with Crippen LogP contribution in [0, 0.1) is 3.57 Å². The lowest BCUT2D eigenvalue weighted by Gasteiger charge is -2.14. The average Bonchev–Trinajstić information content (AvgIpc) is 2.39. The number of para-hydroxylation sites is 1. The van der Waals surface area contributed by atoms with Gasteiger partial charge in [-0.3, -0.25) is 0 Å². The van der Waals surface area contributed by atoms with Gasteiger partial charge in [-0.05, 0) is 52.3 Å². The van der Waals surface area contributed by atoms with Crippen LogP contribution < -0.4 is 4.74 Å². The van der Waals surface area contributed by atoms with E-state index < -0.39 is 0 Å². The number of ether oxygens (including phenoxy) is 1. The van der Waals surface area contributed by atoms with Crippen LogP contribution in [0.1, 0.15) is 16.5 Å². The average molecular weight is 373 g/mol. The van der Waals surface area contributed by atoms with Gasteiger partial charge in [0, 0.05) is 3.57 Å². The predicted molar refractivity (Wildman–Crippen MR) is 84.5 cm³/mol. The van der Waals surface area contributed by atoms with Crippen LogP contribution in [0.5, 0.6) is 5.75 Å². The molecule has 0 amide bonds. The highest BCUT2D eigenvalue weighted by Crippen LogP contribution is 2.31. The van der Waals surface area contributed by atoms with E-state index in [4.69, 9.17) is 16.3 Å². The SMILES string of the molecule is COc1ccccc1CC(Cl)c1ccccc1I. The molecule has 1 atom stereocenters. The van der Waals surface area contributed by atoms with Crippen LogP contribution in [0.15, 0.2) is 48.5 Å². The monoisotopic (exact) mass is 372 g/mol. The van der Waals surface area contributed by atoms with Crippen molar-refractivity contribution in [3.05, 3.63) is 63.2 Å². The minimum Gasteiger partial charge on any atom is -0.496 e. The van der Waals surface area contributed by atoms with E-state index in [1.165, 1.54) is 9.13 Å².